The number of methoxy groups -OCH3 is 1. The molecule has 0 bridgehead atoms. The van der Waals surface area contributed by atoms with Crippen LogP contribution in [0.15, 0.2) is 9.59 Å². The van der Waals surface area contributed by atoms with Gasteiger partial charge in [-0.25, -0.2) is 8.42 Å². The summed E-state index contributed by atoms with van der Waals surface area (Å²) in [5.41, 5.74) is 0.830. The number of carbonyl (C=O) groups excluding carboxylic acids is 1. The molecular formula is C13H18ClNO4S2. The average Bonchev–Trinajstić information content (AvgIpc) is 2.80. The number of thiophene rings is 1. The first-order chi connectivity index (χ1) is 9.75. The van der Waals surface area contributed by atoms with Gasteiger partial charge in [-0.15, -0.1) is 11.3 Å². The molecule has 1 aliphatic heterocycles. The van der Waals surface area contributed by atoms with E-state index in [0.717, 1.165) is 17.8 Å². The first kappa shape index (κ1) is 16.7. The molecule has 1 fully saturated rings. The molecule has 5 nitrogen and oxygen atoms in total. The molecular weight excluding hydrogens is 334 g/mol. The van der Waals surface area contributed by atoms with Crippen molar-refractivity contribution in [3.8, 4) is 0 Å². The molecule has 2 rings (SSSR count). The number of piperidine rings is 1. The van der Waals surface area contributed by atoms with E-state index < -0.39 is 9.05 Å². The minimum absolute atomic E-state index is 0.0119. The van der Waals surface area contributed by atoms with Crippen LogP contribution in [0.4, 0.5) is 0 Å². The van der Waals surface area contributed by atoms with Crippen molar-refractivity contribution in [1.82, 2.24) is 4.90 Å². The van der Waals surface area contributed by atoms with Crippen molar-refractivity contribution in [2.75, 3.05) is 20.2 Å². The molecule has 2 unspecified atom stereocenters. The molecule has 0 spiro atoms. The summed E-state index contributed by atoms with van der Waals surface area (Å²) < 4.78 is 28.3. The predicted molar refractivity (Wildman–Crippen MR) is 82.6 cm³/mol. The summed E-state index contributed by atoms with van der Waals surface area (Å²) in [7, 11) is 3.21. The Morgan fingerprint density at radius 1 is 1.52 bits per heavy atom. The first-order valence-electron chi connectivity index (χ1n) is 6.60. The Balaban J connectivity index is 2.23. The summed E-state index contributed by atoms with van der Waals surface area (Å²) in [5, 5.41) is 1.56. The van der Waals surface area contributed by atoms with Gasteiger partial charge in [-0.05, 0) is 24.8 Å². The molecule has 21 heavy (non-hydrogen) atoms. The molecule has 118 valence electrons. The molecule has 1 aromatic rings. The van der Waals surface area contributed by atoms with Crippen molar-refractivity contribution in [2.24, 2.45) is 5.92 Å². The van der Waals surface area contributed by atoms with E-state index >= 15 is 0 Å². The number of likely N-dealkylation sites (tertiary alicyclic amines) is 1. The van der Waals surface area contributed by atoms with Crippen LogP contribution in [0.1, 0.15) is 29.3 Å². The van der Waals surface area contributed by atoms with Crippen LogP contribution in [-0.2, 0) is 13.8 Å². The van der Waals surface area contributed by atoms with Crippen LogP contribution in [0.5, 0.6) is 0 Å². The fourth-order valence-corrected chi connectivity index (χ4v) is 5.09. The van der Waals surface area contributed by atoms with Gasteiger partial charge in [-0.1, -0.05) is 6.92 Å². The van der Waals surface area contributed by atoms with Crippen LogP contribution >= 0.6 is 22.0 Å². The van der Waals surface area contributed by atoms with Gasteiger partial charge in [0.05, 0.1) is 11.7 Å². The quantitative estimate of drug-likeness (QED) is 0.785. The minimum atomic E-state index is -3.81. The van der Waals surface area contributed by atoms with Gasteiger partial charge in [0.1, 0.15) is 4.21 Å². The molecule has 0 aromatic carbocycles. The van der Waals surface area contributed by atoms with Crippen LogP contribution < -0.4 is 0 Å². The van der Waals surface area contributed by atoms with E-state index in [2.05, 4.69) is 6.92 Å². The monoisotopic (exact) mass is 351 g/mol. The highest BCUT2D eigenvalue weighted by Gasteiger charge is 2.31. The highest BCUT2D eigenvalue weighted by Crippen LogP contribution is 2.31. The Morgan fingerprint density at radius 2 is 2.19 bits per heavy atom. The largest absolute Gasteiger partial charge is 0.379 e. The van der Waals surface area contributed by atoms with Crippen molar-refractivity contribution < 1.29 is 17.9 Å². The Bertz CT molecular complexity index is 641. The van der Waals surface area contributed by atoms with Gasteiger partial charge in [-0.3, -0.25) is 4.79 Å². The number of hydrogen-bond donors (Lipinski definition) is 0. The normalized spacial score (nSPS) is 23.3. The number of amides is 1. The number of halogens is 1. The van der Waals surface area contributed by atoms with Crippen molar-refractivity contribution in [1.29, 1.82) is 0 Å². The molecule has 2 atom stereocenters. The van der Waals surface area contributed by atoms with Gasteiger partial charge < -0.3 is 9.64 Å². The van der Waals surface area contributed by atoms with Crippen molar-refractivity contribution in [3.05, 3.63) is 16.5 Å². The van der Waals surface area contributed by atoms with Crippen LogP contribution in [0.2, 0.25) is 0 Å². The van der Waals surface area contributed by atoms with Gasteiger partial charge in [0.15, 0.2) is 0 Å². The van der Waals surface area contributed by atoms with E-state index in [0.29, 0.717) is 30.1 Å². The Hall–Kier alpha value is -0.630. The first-order valence-corrected chi connectivity index (χ1v) is 9.79. The van der Waals surface area contributed by atoms with Gasteiger partial charge in [0, 0.05) is 36.3 Å². The van der Waals surface area contributed by atoms with Crippen LogP contribution in [0.3, 0.4) is 0 Å². The van der Waals surface area contributed by atoms with E-state index in [9.17, 15) is 13.2 Å². The van der Waals surface area contributed by atoms with Gasteiger partial charge in [-0.2, -0.15) is 0 Å². The summed E-state index contributed by atoms with van der Waals surface area (Å²) in [4.78, 5) is 14.3. The molecule has 0 aliphatic carbocycles. The third kappa shape index (κ3) is 3.41. The van der Waals surface area contributed by atoms with Crippen LogP contribution in [-0.4, -0.2) is 45.5 Å². The maximum absolute atomic E-state index is 12.6. The standard InChI is InChI=1S/C13H18ClNO4S2/c1-8-4-5-15(6-11(8)19-3)12(16)10-7-20-13(9(10)2)21(14,17)18/h7-8,11H,4-6H2,1-3H3. The second-order valence-corrected chi connectivity index (χ2v) is 8.93. The molecule has 1 aliphatic rings. The second-order valence-electron chi connectivity index (χ2n) is 5.29. The zero-order valence-corrected chi connectivity index (χ0v) is 14.5. The van der Waals surface area contributed by atoms with E-state index in [-0.39, 0.29) is 16.2 Å². The zero-order valence-electron chi connectivity index (χ0n) is 12.1. The summed E-state index contributed by atoms with van der Waals surface area (Å²) in [6.07, 6.45) is 0.881. The molecule has 0 saturated carbocycles. The molecule has 1 aromatic heterocycles. The highest BCUT2D eigenvalue weighted by molar-refractivity contribution is 8.15. The highest BCUT2D eigenvalue weighted by atomic mass is 35.7. The lowest BCUT2D eigenvalue weighted by atomic mass is 9.95. The summed E-state index contributed by atoms with van der Waals surface area (Å²) in [6, 6.07) is 0. The maximum Gasteiger partial charge on any atom is 0.271 e. The lowest BCUT2D eigenvalue weighted by Gasteiger charge is -2.36. The van der Waals surface area contributed by atoms with Crippen LogP contribution in [0, 0.1) is 12.8 Å². The van der Waals surface area contributed by atoms with Crippen molar-refractivity contribution in [2.45, 2.75) is 30.6 Å². The topological polar surface area (TPSA) is 63.7 Å². The van der Waals surface area contributed by atoms with E-state index in [1.807, 2.05) is 0 Å². The maximum atomic E-state index is 12.6. The van der Waals surface area contributed by atoms with E-state index in [1.54, 1.807) is 24.3 Å². The summed E-state index contributed by atoms with van der Waals surface area (Å²) >= 11 is 0.984. The van der Waals surface area contributed by atoms with E-state index in [4.69, 9.17) is 15.4 Å². The van der Waals surface area contributed by atoms with Crippen LogP contribution in [0.25, 0.3) is 0 Å². The SMILES string of the molecule is COC1CN(C(=O)c2csc(S(=O)(=O)Cl)c2C)CCC1C. The molecule has 8 heteroatoms. The molecule has 2 heterocycles. The summed E-state index contributed by atoms with van der Waals surface area (Å²) in [5.74, 6) is 0.241. The van der Waals surface area contributed by atoms with Gasteiger partial charge in [0.25, 0.3) is 15.0 Å². The Kier molecular flexibility index (Phi) is 4.97. The van der Waals surface area contributed by atoms with E-state index in [1.165, 1.54) is 0 Å². The lowest BCUT2D eigenvalue weighted by molar-refractivity contribution is -0.00157. The predicted octanol–water partition coefficient (Wildman–Crippen LogP) is 2.48. The smallest absolute Gasteiger partial charge is 0.271 e. The number of carbonyl (C=O) groups is 1. The van der Waals surface area contributed by atoms with Gasteiger partial charge in [0.2, 0.25) is 0 Å². The summed E-state index contributed by atoms with van der Waals surface area (Å²) in [6.45, 7) is 4.89. The number of nitrogens with zero attached hydrogens (tertiary/aromatic N) is 1. The third-order valence-electron chi connectivity index (χ3n) is 3.93. The fourth-order valence-electron chi connectivity index (χ4n) is 2.55. The number of hydrogen-bond acceptors (Lipinski definition) is 5. The zero-order chi connectivity index (χ0) is 15.8. The van der Waals surface area contributed by atoms with Gasteiger partial charge >= 0.3 is 0 Å². The number of rotatable bonds is 3. The molecule has 0 N–H and O–H groups in total. The fraction of sp³-hybridized carbons (Fsp3) is 0.615. The van der Waals surface area contributed by atoms with Crippen molar-refractivity contribution >= 4 is 37.0 Å². The average molecular weight is 352 g/mol. The molecule has 1 saturated heterocycles. The van der Waals surface area contributed by atoms with Crippen molar-refractivity contribution in [3.63, 3.8) is 0 Å². The lowest BCUT2D eigenvalue weighted by Crippen LogP contribution is -2.46. The second kappa shape index (κ2) is 6.24. The number of ether oxygens (including phenoxy) is 1. The molecule has 1 amide bonds. The minimum Gasteiger partial charge on any atom is -0.379 e. The Labute approximate surface area is 133 Å². The molecule has 0 radical (unpaired) electrons. The third-order valence-corrected chi connectivity index (χ3v) is 7.23. The Morgan fingerprint density at radius 3 is 2.71 bits per heavy atom.